The fourth-order valence-corrected chi connectivity index (χ4v) is 2.22. The first-order valence-electron chi connectivity index (χ1n) is 3.95. The molecule has 56 valence electrons. The van der Waals surface area contributed by atoms with Gasteiger partial charge in [-0.3, -0.25) is 0 Å². The third kappa shape index (κ3) is 0.601. The minimum atomic E-state index is -0.0672. The van der Waals surface area contributed by atoms with Crippen LogP contribution in [0.15, 0.2) is 4.99 Å². The van der Waals surface area contributed by atoms with E-state index >= 15 is 0 Å². The molecule has 2 fully saturated rings. The molecule has 0 radical (unpaired) electrons. The fourth-order valence-electron chi connectivity index (χ4n) is 2.22. The number of aliphatic imine (C=N–C) groups is 1. The molecule has 4 atom stereocenters. The standard InChI is InChI=1S/C8H13NO/c1-9-4-7-5-2-3-6(5)8(7)10/h4-8,10H,2-3H2,1H3. The van der Waals surface area contributed by atoms with Gasteiger partial charge >= 0.3 is 0 Å². The number of nitrogens with zero attached hydrogens (tertiary/aromatic N) is 1. The van der Waals surface area contributed by atoms with E-state index in [-0.39, 0.29) is 6.10 Å². The smallest absolute Gasteiger partial charge is 0.0651 e. The SMILES string of the molecule is CN=CC1C(O)C2CCC12. The predicted molar refractivity (Wildman–Crippen MR) is 40.1 cm³/mol. The Hall–Kier alpha value is -0.370. The third-order valence-electron chi connectivity index (χ3n) is 3.03. The molecule has 0 aromatic heterocycles. The molecule has 10 heavy (non-hydrogen) atoms. The molecule has 0 heterocycles. The van der Waals surface area contributed by atoms with Gasteiger partial charge in [-0.2, -0.15) is 0 Å². The van der Waals surface area contributed by atoms with Crippen molar-refractivity contribution in [2.24, 2.45) is 22.7 Å². The maximum Gasteiger partial charge on any atom is 0.0651 e. The van der Waals surface area contributed by atoms with Crippen molar-refractivity contribution in [3.8, 4) is 0 Å². The topological polar surface area (TPSA) is 32.6 Å². The molecule has 2 aliphatic carbocycles. The molecular weight excluding hydrogens is 126 g/mol. The van der Waals surface area contributed by atoms with Crippen LogP contribution in [-0.4, -0.2) is 24.5 Å². The molecule has 0 aromatic rings. The van der Waals surface area contributed by atoms with Gasteiger partial charge < -0.3 is 10.1 Å². The van der Waals surface area contributed by atoms with Gasteiger partial charge in [0.1, 0.15) is 0 Å². The van der Waals surface area contributed by atoms with Gasteiger partial charge in [0.25, 0.3) is 0 Å². The highest BCUT2D eigenvalue weighted by molar-refractivity contribution is 5.64. The Balaban J connectivity index is 1.99. The van der Waals surface area contributed by atoms with E-state index < -0.39 is 0 Å². The Bertz CT molecular complexity index is 161. The van der Waals surface area contributed by atoms with Gasteiger partial charge in [-0.05, 0) is 24.7 Å². The van der Waals surface area contributed by atoms with Crippen LogP contribution in [-0.2, 0) is 0 Å². The molecule has 0 amide bonds. The second-order valence-electron chi connectivity index (χ2n) is 3.38. The summed E-state index contributed by atoms with van der Waals surface area (Å²) in [6.45, 7) is 0. The molecule has 0 aliphatic heterocycles. The number of hydrogen-bond acceptors (Lipinski definition) is 2. The minimum absolute atomic E-state index is 0.0672. The summed E-state index contributed by atoms with van der Waals surface area (Å²) >= 11 is 0. The van der Waals surface area contributed by atoms with Crippen LogP contribution in [0.5, 0.6) is 0 Å². The Kier molecular flexibility index (Phi) is 1.31. The number of rotatable bonds is 1. The Morgan fingerprint density at radius 2 is 2.10 bits per heavy atom. The van der Waals surface area contributed by atoms with Crippen molar-refractivity contribution in [1.29, 1.82) is 0 Å². The first kappa shape index (κ1) is 6.35. The van der Waals surface area contributed by atoms with Crippen LogP contribution in [0.4, 0.5) is 0 Å². The zero-order valence-corrected chi connectivity index (χ0v) is 6.20. The molecule has 2 nitrogen and oxygen atoms in total. The van der Waals surface area contributed by atoms with Crippen molar-refractivity contribution in [3.63, 3.8) is 0 Å². The summed E-state index contributed by atoms with van der Waals surface area (Å²) in [5, 5.41) is 9.44. The third-order valence-corrected chi connectivity index (χ3v) is 3.03. The van der Waals surface area contributed by atoms with E-state index in [0.29, 0.717) is 11.8 Å². The van der Waals surface area contributed by atoms with Crippen LogP contribution in [0.1, 0.15) is 12.8 Å². The molecule has 0 bridgehead atoms. The van der Waals surface area contributed by atoms with E-state index in [1.54, 1.807) is 7.05 Å². The van der Waals surface area contributed by atoms with Crippen molar-refractivity contribution in [2.75, 3.05) is 7.05 Å². The predicted octanol–water partition coefficient (Wildman–Crippen LogP) is 0.704. The van der Waals surface area contributed by atoms with Crippen LogP contribution in [0.3, 0.4) is 0 Å². The van der Waals surface area contributed by atoms with Gasteiger partial charge in [-0.15, -0.1) is 0 Å². The van der Waals surface area contributed by atoms with E-state index in [1.807, 2.05) is 6.21 Å². The fraction of sp³-hybridized carbons (Fsp3) is 0.875. The maximum atomic E-state index is 9.44. The van der Waals surface area contributed by atoms with Crippen LogP contribution >= 0.6 is 0 Å². The van der Waals surface area contributed by atoms with E-state index in [4.69, 9.17) is 0 Å². The molecule has 0 spiro atoms. The molecule has 0 saturated heterocycles. The lowest BCUT2D eigenvalue weighted by Gasteiger charge is -2.55. The van der Waals surface area contributed by atoms with Crippen LogP contribution in [0.25, 0.3) is 0 Å². The summed E-state index contributed by atoms with van der Waals surface area (Å²) in [5.74, 6) is 1.80. The lowest BCUT2D eigenvalue weighted by Crippen LogP contribution is -2.57. The largest absolute Gasteiger partial charge is 0.392 e. The zero-order valence-electron chi connectivity index (χ0n) is 6.20. The van der Waals surface area contributed by atoms with Gasteiger partial charge in [0.2, 0.25) is 0 Å². The van der Waals surface area contributed by atoms with Gasteiger partial charge in [0.05, 0.1) is 6.10 Å². The number of aliphatic hydroxyl groups is 1. The molecule has 2 heteroatoms. The highest BCUT2D eigenvalue weighted by Crippen LogP contribution is 2.53. The summed E-state index contributed by atoms with van der Waals surface area (Å²) in [6.07, 6.45) is 4.38. The molecule has 2 aliphatic rings. The summed E-state index contributed by atoms with van der Waals surface area (Å²) in [6, 6.07) is 0. The number of aliphatic hydroxyl groups excluding tert-OH is 1. The van der Waals surface area contributed by atoms with Gasteiger partial charge in [-0.25, -0.2) is 0 Å². The zero-order chi connectivity index (χ0) is 7.14. The Labute approximate surface area is 61.0 Å². The normalized spacial score (nSPS) is 51.8. The average Bonchev–Trinajstić information content (AvgIpc) is 1.85. The Morgan fingerprint density at radius 3 is 2.50 bits per heavy atom. The van der Waals surface area contributed by atoms with Crippen molar-refractivity contribution >= 4 is 6.21 Å². The van der Waals surface area contributed by atoms with Crippen LogP contribution < -0.4 is 0 Å². The van der Waals surface area contributed by atoms with E-state index in [2.05, 4.69) is 4.99 Å². The molecule has 0 aromatic carbocycles. The van der Waals surface area contributed by atoms with E-state index in [1.165, 1.54) is 12.8 Å². The van der Waals surface area contributed by atoms with E-state index in [9.17, 15) is 5.11 Å². The average molecular weight is 139 g/mol. The molecule has 2 saturated carbocycles. The minimum Gasteiger partial charge on any atom is -0.392 e. The molecule has 4 unspecified atom stereocenters. The van der Waals surface area contributed by atoms with Crippen LogP contribution in [0.2, 0.25) is 0 Å². The summed E-state index contributed by atoms with van der Waals surface area (Å²) < 4.78 is 0. The van der Waals surface area contributed by atoms with Crippen molar-refractivity contribution in [2.45, 2.75) is 18.9 Å². The van der Waals surface area contributed by atoms with E-state index in [0.717, 1.165) is 5.92 Å². The molecule has 2 rings (SSSR count). The second-order valence-corrected chi connectivity index (χ2v) is 3.38. The summed E-state index contributed by atoms with van der Waals surface area (Å²) in [7, 11) is 1.78. The molecular formula is C8H13NO. The van der Waals surface area contributed by atoms with Crippen molar-refractivity contribution in [3.05, 3.63) is 0 Å². The quantitative estimate of drug-likeness (QED) is 0.533. The first-order chi connectivity index (χ1) is 4.84. The second kappa shape index (κ2) is 2.06. The van der Waals surface area contributed by atoms with Crippen LogP contribution in [0, 0.1) is 17.8 Å². The van der Waals surface area contributed by atoms with Gasteiger partial charge in [0.15, 0.2) is 0 Å². The first-order valence-corrected chi connectivity index (χ1v) is 3.95. The monoisotopic (exact) mass is 139 g/mol. The van der Waals surface area contributed by atoms with Crippen molar-refractivity contribution in [1.82, 2.24) is 0 Å². The Morgan fingerprint density at radius 1 is 1.40 bits per heavy atom. The highest BCUT2D eigenvalue weighted by atomic mass is 16.3. The lowest BCUT2D eigenvalue weighted by molar-refractivity contribution is -0.126. The lowest BCUT2D eigenvalue weighted by atomic mass is 9.51. The van der Waals surface area contributed by atoms with Gasteiger partial charge in [-0.1, -0.05) is 0 Å². The van der Waals surface area contributed by atoms with Crippen molar-refractivity contribution < 1.29 is 5.11 Å². The molecule has 1 N–H and O–H groups in total. The maximum absolute atomic E-state index is 9.44. The number of hydrogen-bond donors (Lipinski definition) is 1. The summed E-state index contributed by atoms with van der Waals surface area (Å²) in [5.41, 5.74) is 0. The number of fused-ring (bicyclic) bond motifs is 1. The highest BCUT2D eigenvalue weighted by Gasteiger charge is 2.53. The summed E-state index contributed by atoms with van der Waals surface area (Å²) in [4.78, 5) is 3.94. The van der Waals surface area contributed by atoms with Gasteiger partial charge in [0, 0.05) is 19.2 Å².